The van der Waals surface area contributed by atoms with Crippen LogP contribution in [0.25, 0.3) is 0 Å². The minimum atomic E-state index is 0.364. The van der Waals surface area contributed by atoms with E-state index < -0.39 is 0 Å². The van der Waals surface area contributed by atoms with E-state index in [9.17, 15) is 0 Å². The first kappa shape index (κ1) is 17.5. The van der Waals surface area contributed by atoms with Gasteiger partial charge < -0.3 is 14.0 Å². The summed E-state index contributed by atoms with van der Waals surface area (Å²) in [4.78, 5) is 11.5. The molecule has 1 aliphatic carbocycles. The monoisotopic (exact) mass is 356 g/mol. The molecule has 2 aromatic rings. The zero-order chi connectivity index (χ0) is 17.9. The van der Waals surface area contributed by atoms with Gasteiger partial charge in [-0.05, 0) is 31.7 Å². The third kappa shape index (κ3) is 3.76. The van der Waals surface area contributed by atoms with Crippen molar-refractivity contribution in [3.63, 3.8) is 0 Å². The van der Waals surface area contributed by atoms with E-state index in [4.69, 9.17) is 14.5 Å². The quantitative estimate of drug-likeness (QED) is 0.728. The van der Waals surface area contributed by atoms with Crippen LogP contribution in [-0.2, 0) is 24.4 Å². The molecule has 0 bridgehead atoms. The molecule has 4 rings (SSSR count). The number of hydrogen-bond acceptors (Lipinski definition) is 5. The average molecular weight is 356 g/mol. The van der Waals surface area contributed by atoms with Crippen molar-refractivity contribution >= 4 is 0 Å². The highest BCUT2D eigenvalue weighted by molar-refractivity contribution is 5.27. The molecule has 2 aliphatic rings. The van der Waals surface area contributed by atoms with E-state index in [0.29, 0.717) is 11.8 Å². The van der Waals surface area contributed by atoms with Crippen LogP contribution in [-0.4, -0.2) is 46.3 Å². The van der Waals surface area contributed by atoms with Crippen LogP contribution in [0.3, 0.4) is 0 Å². The molecule has 0 amide bonds. The summed E-state index contributed by atoms with van der Waals surface area (Å²) in [7, 11) is 1.68. The largest absolute Gasteiger partial charge is 0.481 e. The number of fused-ring (bicyclic) bond motifs is 1. The Morgan fingerprint density at radius 2 is 2.15 bits per heavy atom. The number of pyridine rings is 1. The van der Waals surface area contributed by atoms with Gasteiger partial charge in [-0.25, -0.2) is 9.97 Å². The molecule has 0 radical (unpaired) electrons. The van der Waals surface area contributed by atoms with Crippen molar-refractivity contribution in [3.05, 3.63) is 41.6 Å². The van der Waals surface area contributed by atoms with E-state index >= 15 is 0 Å². The highest BCUT2D eigenvalue weighted by atomic mass is 16.5. The summed E-state index contributed by atoms with van der Waals surface area (Å²) in [5.41, 5.74) is 3.70. The van der Waals surface area contributed by atoms with Gasteiger partial charge in [-0.1, -0.05) is 6.07 Å². The number of hydrogen-bond donors (Lipinski definition) is 0. The lowest BCUT2D eigenvalue weighted by molar-refractivity contribution is 0.101. The summed E-state index contributed by atoms with van der Waals surface area (Å²) < 4.78 is 13.6. The Bertz CT molecular complexity index is 741. The molecule has 0 saturated heterocycles. The zero-order valence-corrected chi connectivity index (χ0v) is 15.7. The summed E-state index contributed by atoms with van der Waals surface area (Å²) in [6, 6.07) is 4.06. The van der Waals surface area contributed by atoms with E-state index in [1.54, 1.807) is 13.3 Å². The first-order valence-electron chi connectivity index (χ1n) is 9.60. The van der Waals surface area contributed by atoms with Gasteiger partial charge in [0, 0.05) is 56.2 Å². The second-order valence-corrected chi connectivity index (χ2v) is 7.37. The summed E-state index contributed by atoms with van der Waals surface area (Å²) >= 11 is 0. The SMILES string of the molecule is CCOC[C@@H]1CN(Cc2cccnc2OC)Cc2ncn(CC3CC3)c21. The minimum absolute atomic E-state index is 0.364. The molecule has 26 heavy (non-hydrogen) atoms. The molecule has 1 atom stereocenters. The van der Waals surface area contributed by atoms with Gasteiger partial charge >= 0.3 is 0 Å². The molecule has 1 saturated carbocycles. The Morgan fingerprint density at radius 1 is 1.27 bits per heavy atom. The number of rotatable bonds is 8. The first-order valence-corrected chi connectivity index (χ1v) is 9.60. The third-order valence-electron chi connectivity index (χ3n) is 5.31. The maximum absolute atomic E-state index is 5.81. The fourth-order valence-electron chi connectivity index (χ4n) is 3.91. The summed E-state index contributed by atoms with van der Waals surface area (Å²) in [5, 5.41) is 0. The zero-order valence-electron chi connectivity index (χ0n) is 15.7. The highest BCUT2D eigenvalue weighted by Crippen LogP contribution is 2.35. The van der Waals surface area contributed by atoms with Crippen LogP contribution >= 0.6 is 0 Å². The molecule has 140 valence electrons. The highest BCUT2D eigenvalue weighted by Gasteiger charge is 2.32. The molecular formula is C20H28N4O2. The number of nitrogens with zero attached hydrogens (tertiary/aromatic N) is 4. The van der Waals surface area contributed by atoms with Gasteiger partial charge in [0.05, 0.1) is 25.7 Å². The number of methoxy groups -OCH3 is 1. The van der Waals surface area contributed by atoms with E-state index in [-0.39, 0.29) is 0 Å². The van der Waals surface area contributed by atoms with Crippen molar-refractivity contribution < 1.29 is 9.47 Å². The van der Waals surface area contributed by atoms with Gasteiger partial charge in [0.1, 0.15) is 0 Å². The Balaban J connectivity index is 1.54. The molecule has 0 spiro atoms. The molecule has 3 heterocycles. The predicted octanol–water partition coefficient (Wildman–Crippen LogP) is 2.83. The molecule has 6 nitrogen and oxygen atoms in total. The Morgan fingerprint density at radius 3 is 2.92 bits per heavy atom. The molecule has 0 aromatic carbocycles. The minimum Gasteiger partial charge on any atom is -0.481 e. The molecule has 1 aliphatic heterocycles. The van der Waals surface area contributed by atoms with Gasteiger partial charge in [0.15, 0.2) is 0 Å². The lowest BCUT2D eigenvalue weighted by atomic mass is 9.98. The third-order valence-corrected chi connectivity index (χ3v) is 5.31. The van der Waals surface area contributed by atoms with Crippen LogP contribution in [0, 0.1) is 5.92 Å². The van der Waals surface area contributed by atoms with Gasteiger partial charge in [-0.15, -0.1) is 0 Å². The van der Waals surface area contributed by atoms with Crippen molar-refractivity contribution in [1.29, 1.82) is 0 Å². The average Bonchev–Trinajstić information content (AvgIpc) is 3.39. The van der Waals surface area contributed by atoms with Gasteiger partial charge in [0.2, 0.25) is 5.88 Å². The Labute approximate surface area is 155 Å². The Hall–Kier alpha value is -1.92. The maximum Gasteiger partial charge on any atom is 0.217 e. The van der Waals surface area contributed by atoms with Gasteiger partial charge in [-0.2, -0.15) is 0 Å². The number of aromatic nitrogens is 3. The van der Waals surface area contributed by atoms with E-state index in [1.807, 2.05) is 12.4 Å². The molecule has 6 heteroatoms. The number of imidazole rings is 1. The van der Waals surface area contributed by atoms with E-state index in [2.05, 4.69) is 27.4 Å². The van der Waals surface area contributed by atoms with Crippen LogP contribution in [0.15, 0.2) is 24.7 Å². The molecule has 1 fully saturated rings. The maximum atomic E-state index is 5.81. The van der Waals surface area contributed by atoms with Crippen molar-refractivity contribution in [3.8, 4) is 5.88 Å². The fraction of sp³-hybridized carbons (Fsp3) is 0.600. The van der Waals surface area contributed by atoms with Crippen LogP contribution < -0.4 is 4.74 Å². The predicted molar refractivity (Wildman–Crippen MR) is 99.1 cm³/mol. The van der Waals surface area contributed by atoms with Crippen LogP contribution in [0.5, 0.6) is 5.88 Å². The Kier molecular flexibility index (Phi) is 5.22. The lowest BCUT2D eigenvalue weighted by Crippen LogP contribution is -2.36. The molecule has 0 N–H and O–H groups in total. The first-order chi connectivity index (χ1) is 12.8. The van der Waals surface area contributed by atoms with Crippen LogP contribution in [0.2, 0.25) is 0 Å². The number of ether oxygens (including phenoxy) is 2. The van der Waals surface area contributed by atoms with Crippen molar-refractivity contribution in [1.82, 2.24) is 19.4 Å². The second-order valence-electron chi connectivity index (χ2n) is 7.37. The summed E-state index contributed by atoms with van der Waals surface area (Å²) in [6.07, 6.45) is 6.52. The normalized spacial score (nSPS) is 20.2. The van der Waals surface area contributed by atoms with Crippen LogP contribution in [0.4, 0.5) is 0 Å². The lowest BCUT2D eigenvalue weighted by Gasteiger charge is -2.33. The smallest absolute Gasteiger partial charge is 0.217 e. The van der Waals surface area contributed by atoms with Crippen molar-refractivity contribution in [2.75, 3.05) is 26.9 Å². The van der Waals surface area contributed by atoms with Crippen molar-refractivity contribution in [2.24, 2.45) is 5.92 Å². The molecule has 2 aromatic heterocycles. The van der Waals surface area contributed by atoms with E-state index in [0.717, 1.165) is 50.9 Å². The fourth-order valence-corrected chi connectivity index (χ4v) is 3.91. The summed E-state index contributed by atoms with van der Waals surface area (Å²) in [6.45, 7) is 7.33. The van der Waals surface area contributed by atoms with Gasteiger partial charge in [-0.3, -0.25) is 4.90 Å². The van der Waals surface area contributed by atoms with E-state index in [1.165, 1.54) is 24.2 Å². The standard InChI is InChI=1S/C20H28N4O2/c1-3-26-13-17-11-23(10-16-5-4-8-21-20(16)25-2)12-18-19(17)24(14-22-18)9-15-6-7-15/h4-5,8,14-15,17H,3,6-7,9-13H2,1-2H3/t17-/m0/s1. The van der Waals surface area contributed by atoms with Gasteiger partial charge in [0.25, 0.3) is 0 Å². The van der Waals surface area contributed by atoms with Crippen LogP contribution in [0.1, 0.15) is 42.6 Å². The van der Waals surface area contributed by atoms with Crippen molar-refractivity contribution in [2.45, 2.75) is 45.3 Å². The summed E-state index contributed by atoms with van der Waals surface area (Å²) in [5.74, 6) is 1.92. The topological polar surface area (TPSA) is 52.4 Å². The molecule has 0 unspecified atom stereocenters. The molecular weight excluding hydrogens is 328 g/mol. The second kappa shape index (κ2) is 7.76.